The average molecular weight is 288 g/mol. The summed E-state index contributed by atoms with van der Waals surface area (Å²) in [7, 11) is 1.64. The summed E-state index contributed by atoms with van der Waals surface area (Å²) >= 11 is 0. The van der Waals surface area contributed by atoms with E-state index in [-0.39, 0.29) is 5.69 Å². The molecule has 6 nitrogen and oxygen atoms in total. The van der Waals surface area contributed by atoms with Gasteiger partial charge in [-0.1, -0.05) is 12.1 Å². The number of nitrogens with zero attached hydrogens (tertiary/aromatic N) is 2. The molecule has 2 heterocycles. The number of ether oxygens (including phenoxy) is 1. The van der Waals surface area contributed by atoms with Crippen molar-refractivity contribution < 1.29 is 4.74 Å². The standard InChI is InChI=1S/C15H20N4O2/c1-21-13-4-2-11(3-5-13)10-19-14(17-18-15(19)20)12-6-8-16-9-7-12/h2-5,12,16H,6-10H2,1H3,(H,18,20). The molecule has 1 aliphatic rings. The molecule has 1 aromatic carbocycles. The second kappa shape index (κ2) is 6.13. The van der Waals surface area contributed by atoms with Crippen LogP contribution in [-0.2, 0) is 6.54 Å². The Morgan fingerprint density at radius 1 is 1.29 bits per heavy atom. The molecule has 0 atom stereocenters. The maximum Gasteiger partial charge on any atom is 0.343 e. The number of nitrogens with one attached hydrogen (secondary N) is 2. The summed E-state index contributed by atoms with van der Waals surface area (Å²) in [6.07, 6.45) is 2.04. The van der Waals surface area contributed by atoms with E-state index in [0.29, 0.717) is 12.5 Å². The summed E-state index contributed by atoms with van der Waals surface area (Å²) in [4.78, 5) is 12.0. The van der Waals surface area contributed by atoms with Gasteiger partial charge in [0.25, 0.3) is 0 Å². The molecule has 0 aliphatic carbocycles. The molecule has 0 amide bonds. The number of H-pyrrole nitrogens is 1. The van der Waals surface area contributed by atoms with E-state index in [9.17, 15) is 4.79 Å². The summed E-state index contributed by atoms with van der Waals surface area (Å²) in [6, 6.07) is 7.77. The number of aromatic nitrogens is 3. The van der Waals surface area contributed by atoms with Crippen LogP contribution in [-0.4, -0.2) is 35.0 Å². The molecule has 1 aliphatic heterocycles. The number of piperidine rings is 1. The summed E-state index contributed by atoms with van der Waals surface area (Å²) in [5, 5.41) is 10.2. The fourth-order valence-corrected chi connectivity index (χ4v) is 2.79. The molecule has 0 spiro atoms. The summed E-state index contributed by atoms with van der Waals surface area (Å²) in [5.74, 6) is 2.04. The van der Waals surface area contributed by atoms with Gasteiger partial charge in [0.1, 0.15) is 11.6 Å². The molecule has 2 aromatic rings. The maximum absolute atomic E-state index is 12.0. The Bertz CT molecular complexity index is 638. The van der Waals surface area contributed by atoms with Crippen LogP contribution < -0.4 is 15.7 Å². The fraction of sp³-hybridized carbons (Fsp3) is 0.467. The first kappa shape index (κ1) is 13.9. The highest BCUT2D eigenvalue weighted by atomic mass is 16.5. The van der Waals surface area contributed by atoms with Gasteiger partial charge >= 0.3 is 5.69 Å². The lowest BCUT2D eigenvalue weighted by molar-refractivity contribution is 0.414. The SMILES string of the molecule is COc1ccc(Cn2c(C3CCNCC3)n[nH]c2=O)cc1. The summed E-state index contributed by atoms with van der Waals surface area (Å²) < 4.78 is 6.90. The second-order valence-corrected chi connectivity index (χ2v) is 5.35. The highest BCUT2D eigenvalue weighted by Gasteiger charge is 2.21. The molecular weight excluding hydrogens is 268 g/mol. The van der Waals surface area contributed by atoms with Gasteiger partial charge in [0.05, 0.1) is 13.7 Å². The van der Waals surface area contributed by atoms with E-state index in [1.54, 1.807) is 11.7 Å². The summed E-state index contributed by atoms with van der Waals surface area (Å²) in [6.45, 7) is 2.50. The molecule has 0 unspecified atom stereocenters. The Balaban J connectivity index is 1.83. The molecule has 6 heteroatoms. The number of hydrogen-bond acceptors (Lipinski definition) is 4. The Kier molecular flexibility index (Phi) is 4.06. The van der Waals surface area contributed by atoms with E-state index in [4.69, 9.17) is 4.74 Å². The molecule has 1 aromatic heterocycles. The van der Waals surface area contributed by atoms with E-state index in [1.165, 1.54) is 0 Å². The molecule has 2 N–H and O–H groups in total. The molecule has 1 saturated heterocycles. The normalized spacial score (nSPS) is 16.0. The highest BCUT2D eigenvalue weighted by molar-refractivity contribution is 5.27. The minimum atomic E-state index is -0.139. The maximum atomic E-state index is 12.0. The highest BCUT2D eigenvalue weighted by Crippen LogP contribution is 2.23. The fourth-order valence-electron chi connectivity index (χ4n) is 2.79. The zero-order chi connectivity index (χ0) is 14.7. The van der Waals surface area contributed by atoms with Crippen molar-refractivity contribution in [2.24, 2.45) is 0 Å². The van der Waals surface area contributed by atoms with E-state index in [2.05, 4.69) is 15.5 Å². The second-order valence-electron chi connectivity index (χ2n) is 5.35. The summed E-state index contributed by atoms with van der Waals surface area (Å²) in [5.41, 5.74) is 0.925. The first-order valence-corrected chi connectivity index (χ1v) is 7.26. The molecule has 3 rings (SSSR count). The van der Waals surface area contributed by atoms with Gasteiger partial charge in [-0.2, -0.15) is 5.10 Å². The molecule has 21 heavy (non-hydrogen) atoms. The Morgan fingerprint density at radius 3 is 2.67 bits per heavy atom. The van der Waals surface area contributed by atoms with E-state index in [1.807, 2.05) is 24.3 Å². The number of aromatic amines is 1. The minimum absolute atomic E-state index is 0.139. The molecule has 112 valence electrons. The van der Waals surface area contributed by atoms with Gasteiger partial charge in [0.15, 0.2) is 0 Å². The van der Waals surface area contributed by atoms with E-state index < -0.39 is 0 Å². The van der Waals surface area contributed by atoms with Crippen molar-refractivity contribution in [1.29, 1.82) is 0 Å². The van der Waals surface area contributed by atoms with Crippen molar-refractivity contribution in [1.82, 2.24) is 20.1 Å². The van der Waals surface area contributed by atoms with Gasteiger partial charge in [0, 0.05) is 5.92 Å². The number of benzene rings is 1. The molecule has 0 saturated carbocycles. The van der Waals surface area contributed by atoms with E-state index >= 15 is 0 Å². The van der Waals surface area contributed by atoms with Gasteiger partial charge in [-0.05, 0) is 43.6 Å². The number of rotatable bonds is 4. The molecule has 0 radical (unpaired) electrons. The van der Waals surface area contributed by atoms with Crippen molar-refractivity contribution in [3.63, 3.8) is 0 Å². The lowest BCUT2D eigenvalue weighted by Crippen LogP contribution is -2.29. The monoisotopic (exact) mass is 288 g/mol. The third kappa shape index (κ3) is 3.00. The molecule has 0 bridgehead atoms. The van der Waals surface area contributed by atoms with Crippen LogP contribution in [0.5, 0.6) is 5.75 Å². The third-order valence-corrected chi connectivity index (χ3v) is 3.99. The predicted molar refractivity (Wildman–Crippen MR) is 79.8 cm³/mol. The van der Waals surface area contributed by atoms with Crippen LogP contribution in [0.15, 0.2) is 29.1 Å². The predicted octanol–water partition coefficient (Wildman–Crippen LogP) is 1.10. The Hall–Kier alpha value is -2.08. The van der Waals surface area contributed by atoms with Crippen LogP contribution in [0.2, 0.25) is 0 Å². The smallest absolute Gasteiger partial charge is 0.343 e. The van der Waals surface area contributed by atoms with Crippen molar-refractivity contribution in [2.45, 2.75) is 25.3 Å². The third-order valence-electron chi connectivity index (χ3n) is 3.99. The zero-order valence-electron chi connectivity index (χ0n) is 12.1. The lowest BCUT2D eigenvalue weighted by atomic mass is 9.97. The van der Waals surface area contributed by atoms with Crippen molar-refractivity contribution >= 4 is 0 Å². The lowest BCUT2D eigenvalue weighted by Gasteiger charge is -2.22. The van der Waals surface area contributed by atoms with Crippen molar-refractivity contribution in [3.8, 4) is 5.75 Å². The number of hydrogen-bond donors (Lipinski definition) is 2. The quantitative estimate of drug-likeness (QED) is 0.883. The van der Waals surface area contributed by atoms with Gasteiger partial charge < -0.3 is 10.1 Å². The Morgan fingerprint density at radius 2 is 2.00 bits per heavy atom. The Labute approximate surface area is 123 Å². The average Bonchev–Trinajstić information content (AvgIpc) is 2.90. The van der Waals surface area contributed by atoms with Crippen molar-refractivity contribution in [3.05, 3.63) is 46.1 Å². The van der Waals surface area contributed by atoms with Gasteiger partial charge in [-0.25, -0.2) is 9.89 Å². The number of methoxy groups -OCH3 is 1. The van der Waals surface area contributed by atoms with Crippen LogP contribution in [0.25, 0.3) is 0 Å². The zero-order valence-corrected chi connectivity index (χ0v) is 12.1. The van der Waals surface area contributed by atoms with Crippen LogP contribution in [0.4, 0.5) is 0 Å². The van der Waals surface area contributed by atoms with Gasteiger partial charge in [0.2, 0.25) is 0 Å². The first-order valence-electron chi connectivity index (χ1n) is 7.26. The molecular formula is C15H20N4O2. The van der Waals surface area contributed by atoms with Crippen molar-refractivity contribution in [2.75, 3.05) is 20.2 Å². The van der Waals surface area contributed by atoms with Crippen LogP contribution in [0, 0.1) is 0 Å². The van der Waals surface area contributed by atoms with Crippen LogP contribution in [0.3, 0.4) is 0 Å². The van der Waals surface area contributed by atoms with Gasteiger partial charge in [-0.3, -0.25) is 4.57 Å². The van der Waals surface area contributed by atoms with Gasteiger partial charge in [-0.15, -0.1) is 0 Å². The van der Waals surface area contributed by atoms with Crippen LogP contribution >= 0.6 is 0 Å². The molecule has 1 fully saturated rings. The topological polar surface area (TPSA) is 71.9 Å². The first-order chi connectivity index (χ1) is 10.3. The van der Waals surface area contributed by atoms with E-state index in [0.717, 1.165) is 43.1 Å². The minimum Gasteiger partial charge on any atom is -0.497 e. The largest absolute Gasteiger partial charge is 0.497 e. The van der Waals surface area contributed by atoms with Crippen LogP contribution in [0.1, 0.15) is 30.1 Å².